The predicted octanol–water partition coefficient (Wildman–Crippen LogP) is 2.80. The largest absolute Gasteiger partial charge is 0.495 e. The van der Waals surface area contributed by atoms with Crippen molar-refractivity contribution in [1.29, 1.82) is 0 Å². The molecular formula is C16H15FN2O3. The van der Waals surface area contributed by atoms with Gasteiger partial charge in [0.05, 0.1) is 12.8 Å². The summed E-state index contributed by atoms with van der Waals surface area (Å²) in [5.41, 5.74) is 0.781. The van der Waals surface area contributed by atoms with Crippen molar-refractivity contribution in [2.75, 3.05) is 17.7 Å². The Kier molecular flexibility index (Phi) is 5.08. The van der Waals surface area contributed by atoms with Gasteiger partial charge in [-0.25, -0.2) is 4.39 Å². The van der Waals surface area contributed by atoms with Gasteiger partial charge in [0.25, 0.3) is 0 Å². The standard InChI is InChI=1S/C16H15FN2O3/c1-22-14-8-3-2-7-13(14)19-16(21)10-15(20)18-12-6-4-5-11(17)9-12/h2-9H,10H2,1H3,(H,18,20)(H,19,21). The summed E-state index contributed by atoms with van der Waals surface area (Å²) in [6.45, 7) is 0. The lowest BCUT2D eigenvalue weighted by Crippen LogP contribution is -2.21. The van der Waals surface area contributed by atoms with Gasteiger partial charge in [-0.15, -0.1) is 0 Å². The molecule has 0 fully saturated rings. The van der Waals surface area contributed by atoms with Crippen LogP contribution in [0.25, 0.3) is 0 Å². The topological polar surface area (TPSA) is 67.4 Å². The third-order valence-corrected chi connectivity index (χ3v) is 2.81. The summed E-state index contributed by atoms with van der Waals surface area (Å²) in [4.78, 5) is 23.6. The Morgan fingerprint density at radius 1 is 1.05 bits per heavy atom. The maximum Gasteiger partial charge on any atom is 0.233 e. The summed E-state index contributed by atoms with van der Waals surface area (Å²) >= 11 is 0. The first-order valence-electron chi connectivity index (χ1n) is 6.57. The number of halogens is 1. The van der Waals surface area contributed by atoms with Crippen molar-refractivity contribution < 1.29 is 18.7 Å². The Balaban J connectivity index is 1.93. The average molecular weight is 302 g/mol. The highest BCUT2D eigenvalue weighted by Crippen LogP contribution is 2.23. The fourth-order valence-electron chi connectivity index (χ4n) is 1.86. The third-order valence-electron chi connectivity index (χ3n) is 2.81. The highest BCUT2D eigenvalue weighted by Gasteiger charge is 2.12. The van der Waals surface area contributed by atoms with Crippen molar-refractivity contribution in [2.45, 2.75) is 6.42 Å². The van der Waals surface area contributed by atoms with Crippen LogP contribution in [0.2, 0.25) is 0 Å². The smallest absolute Gasteiger partial charge is 0.233 e. The van der Waals surface area contributed by atoms with Crippen LogP contribution in [0.5, 0.6) is 5.75 Å². The van der Waals surface area contributed by atoms with Crippen LogP contribution in [-0.2, 0) is 9.59 Å². The molecule has 2 aromatic carbocycles. The van der Waals surface area contributed by atoms with E-state index < -0.39 is 17.6 Å². The quantitative estimate of drug-likeness (QED) is 0.835. The fraction of sp³-hybridized carbons (Fsp3) is 0.125. The summed E-state index contributed by atoms with van der Waals surface area (Å²) in [5.74, 6) is -0.978. The number of benzene rings is 2. The van der Waals surface area contributed by atoms with E-state index in [0.29, 0.717) is 17.1 Å². The summed E-state index contributed by atoms with van der Waals surface area (Å²) in [5, 5.41) is 5.05. The first kappa shape index (κ1) is 15.5. The minimum absolute atomic E-state index is 0.301. The minimum atomic E-state index is -0.530. The Hall–Kier alpha value is -2.89. The van der Waals surface area contributed by atoms with E-state index in [0.717, 1.165) is 0 Å². The van der Waals surface area contributed by atoms with Gasteiger partial charge in [-0.05, 0) is 30.3 Å². The van der Waals surface area contributed by atoms with Crippen LogP contribution >= 0.6 is 0 Å². The number of amides is 2. The molecule has 0 spiro atoms. The van der Waals surface area contributed by atoms with Crippen molar-refractivity contribution in [3.8, 4) is 5.75 Å². The van der Waals surface area contributed by atoms with E-state index in [1.807, 2.05) is 0 Å². The molecule has 5 nitrogen and oxygen atoms in total. The third kappa shape index (κ3) is 4.31. The number of hydrogen-bond acceptors (Lipinski definition) is 3. The number of carbonyl (C=O) groups is 2. The van der Waals surface area contributed by atoms with E-state index in [2.05, 4.69) is 10.6 Å². The molecule has 0 radical (unpaired) electrons. The number of anilines is 2. The van der Waals surface area contributed by atoms with Gasteiger partial charge in [0, 0.05) is 5.69 Å². The molecule has 2 N–H and O–H groups in total. The normalized spacial score (nSPS) is 9.91. The number of methoxy groups -OCH3 is 1. The van der Waals surface area contributed by atoms with Crippen molar-refractivity contribution in [3.05, 3.63) is 54.3 Å². The van der Waals surface area contributed by atoms with Crippen LogP contribution in [0.15, 0.2) is 48.5 Å². The maximum atomic E-state index is 13.0. The lowest BCUT2D eigenvalue weighted by atomic mass is 10.2. The first-order chi connectivity index (χ1) is 10.6. The van der Waals surface area contributed by atoms with Gasteiger partial charge < -0.3 is 15.4 Å². The molecule has 0 unspecified atom stereocenters. The van der Waals surface area contributed by atoms with Gasteiger partial charge in [-0.3, -0.25) is 9.59 Å². The van der Waals surface area contributed by atoms with Crippen LogP contribution in [0.1, 0.15) is 6.42 Å². The number of ether oxygens (including phenoxy) is 1. The molecule has 22 heavy (non-hydrogen) atoms. The second kappa shape index (κ2) is 7.21. The molecule has 0 bridgehead atoms. The fourth-order valence-corrected chi connectivity index (χ4v) is 1.86. The highest BCUT2D eigenvalue weighted by molar-refractivity contribution is 6.08. The molecular weight excluding hydrogens is 287 g/mol. The monoisotopic (exact) mass is 302 g/mol. The summed E-state index contributed by atoms with van der Waals surface area (Å²) in [6, 6.07) is 12.3. The average Bonchev–Trinajstić information content (AvgIpc) is 2.47. The van der Waals surface area contributed by atoms with Crippen molar-refractivity contribution in [3.63, 3.8) is 0 Å². The van der Waals surface area contributed by atoms with Crippen molar-refractivity contribution in [1.82, 2.24) is 0 Å². The Labute approximate surface area is 127 Å². The molecule has 0 aliphatic carbocycles. The number of hydrogen-bond donors (Lipinski definition) is 2. The van der Waals surface area contributed by atoms with Crippen molar-refractivity contribution >= 4 is 23.2 Å². The zero-order valence-electron chi connectivity index (χ0n) is 11.9. The van der Waals surface area contributed by atoms with E-state index in [1.165, 1.54) is 25.3 Å². The van der Waals surface area contributed by atoms with Gasteiger partial charge in [-0.1, -0.05) is 18.2 Å². The Bertz CT molecular complexity index is 689. The Morgan fingerprint density at radius 3 is 2.50 bits per heavy atom. The molecule has 0 aliphatic heterocycles. The van der Waals surface area contributed by atoms with Crippen LogP contribution in [0.4, 0.5) is 15.8 Å². The molecule has 0 aromatic heterocycles. The van der Waals surface area contributed by atoms with Gasteiger partial charge in [0.15, 0.2) is 0 Å². The molecule has 0 atom stereocenters. The molecule has 2 rings (SSSR count). The SMILES string of the molecule is COc1ccccc1NC(=O)CC(=O)Nc1cccc(F)c1. The van der Waals surface area contributed by atoms with Gasteiger partial charge >= 0.3 is 0 Å². The molecule has 0 saturated heterocycles. The van der Waals surface area contributed by atoms with E-state index in [9.17, 15) is 14.0 Å². The van der Waals surface area contributed by atoms with E-state index in [-0.39, 0.29) is 6.42 Å². The number of rotatable bonds is 5. The lowest BCUT2D eigenvalue weighted by Gasteiger charge is -2.10. The number of carbonyl (C=O) groups excluding carboxylic acids is 2. The molecule has 0 aliphatic rings. The molecule has 114 valence electrons. The summed E-state index contributed by atoms with van der Waals surface area (Å²) < 4.78 is 18.1. The van der Waals surface area contributed by atoms with Crippen LogP contribution in [-0.4, -0.2) is 18.9 Å². The molecule has 0 saturated carbocycles. The zero-order valence-corrected chi connectivity index (χ0v) is 11.9. The van der Waals surface area contributed by atoms with Gasteiger partial charge in [-0.2, -0.15) is 0 Å². The first-order valence-corrected chi connectivity index (χ1v) is 6.57. The second-order valence-corrected chi connectivity index (χ2v) is 4.48. The maximum absolute atomic E-state index is 13.0. The van der Waals surface area contributed by atoms with E-state index in [1.54, 1.807) is 30.3 Å². The Morgan fingerprint density at radius 2 is 1.77 bits per heavy atom. The summed E-state index contributed by atoms with van der Waals surface area (Å²) in [6.07, 6.45) is -0.380. The minimum Gasteiger partial charge on any atom is -0.495 e. The van der Waals surface area contributed by atoms with Crippen LogP contribution in [0, 0.1) is 5.82 Å². The molecule has 0 heterocycles. The van der Waals surface area contributed by atoms with Crippen LogP contribution < -0.4 is 15.4 Å². The molecule has 2 amide bonds. The second-order valence-electron chi connectivity index (χ2n) is 4.48. The number of nitrogens with one attached hydrogen (secondary N) is 2. The zero-order chi connectivity index (χ0) is 15.9. The van der Waals surface area contributed by atoms with E-state index >= 15 is 0 Å². The van der Waals surface area contributed by atoms with E-state index in [4.69, 9.17) is 4.74 Å². The van der Waals surface area contributed by atoms with Gasteiger partial charge in [0.2, 0.25) is 11.8 Å². The molecule has 2 aromatic rings. The lowest BCUT2D eigenvalue weighted by molar-refractivity contribution is -0.123. The summed E-state index contributed by atoms with van der Waals surface area (Å²) in [7, 11) is 1.49. The number of para-hydroxylation sites is 2. The molecule has 6 heteroatoms. The predicted molar refractivity (Wildman–Crippen MR) is 81.3 cm³/mol. The van der Waals surface area contributed by atoms with Crippen molar-refractivity contribution in [2.24, 2.45) is 0 Å². The highest BCUT2D eigenvalue weighted by atomic mass is 19.1. The van der Waals surface area contributed by atoms with Gasteiger partial charge in [0.1, 0.15) is 18.0 Å². The van der Waals surface area contributed by atoms with Crippen LogP contribution in [0.3, 0.4) is 0 Å².